The average molecular weight is 262 g/mol. The van der Waals surface area contributed by atoms with Gasteiger partial charge in [-0.3, -0.25) is 0 Å². The second-order valence-electron chi connectivity index (χ2n) is 6.20. The van der Waals surface area contributed by atoms with Crippen molar-refractivity contribution < 1.29 is 4.74 Å². The predicted octanol–water partition coefficient (Wildman–Crippen LogP) is 3.68. The van der Waals surface area contributed by atoms with Crippen LogP contribution in [0.1, 0.15) is 40.5 Å². The maximum atomic E-state index is 6.02. The summed E-state index contributed by atoms with van der Waals surface area (Å²) in [6.45, 7) is 9.67. The molecular weight excluding hydrogens is 236 g/mol. The van der Waals surface area contributed by atoms with Gasteiger partial charge in [-0.1, -0.05) is 13.8 Å². The summed E-state index contributed by atoms with van der Waals surface area (Å²) >= 11 is 0. The number of ether oxygens (including phenoxy) is 1. The topological polar surface area (TPSA) is 38.5 Å². The Kier molecular flexibility index (Phi) is 4.23. The van der Waals surface area contributed by atoms with Gasteiger partial charge in [-0.05, 0) is 38.7 Å². The summed E-state index contributed by atoms with van der Waals surface area (Å²) in [5.74, 6) is 1.52. The van der Waals surface area contributed by atoms with E-state index in [-0.39, 0.29) is 6.10 Å². The highest BCUT2D eigenvalue weighted by Gasteiger charge is 2.30. The molecule has 106 valence electrons. The quantitative estimate of drug-likeness (QED) is 0.795. The Morgan fingerprint density at radius 2 is 1.89 bits per heavy atom. The van der Waals surface area contributed by atoms with Crippen LogP contribution in [0, 0.1) is 5.92 Å². The van der Waals surface area contributed by atoms with E-state index in [2.05, 4.69) is 30.9 Å². The molecule has 1 aliphatic rings. The molecule has 3 nitrogen and oxygen atoms in total. The zero-order valence-electron chi connectivity index (χ0n) is 12.5. The molecule has 19 heavy (non-hydrogen) atoms. The van der Waals surface area contributed by atoms with E-state index < -0.39 is 0 Å². The second-order valence-corrected chi connectivity index (χ2v) is 6.20. The van der Waals surface area contributed by atoms with Crippen molar-refractivity contribution in [3.05, 3.63) is 18.2 Å². The van der Waals surface area contributed by atoms with E-state index in [1.54, 1.807) is 0 Å². The number of hydrogen-bond donors (Lipinski definition) is 1. The van der Waals surface area contributed by atoms with Crippen LogP contribution < -0.4 is 15.4 Å². The molecule has 1 aromatic rings. The van der Waals surface area contributed by atoms with Crippen LogP contribution in [-0.2, 0) is 0 Å². The monoisotopic (exact) mass is 262 g/mol. The van der Waals surface area contributed by atoms with Crippen LogP contribution in [0.4, 0.5) is 11.4 Å². The molecule has 0 unspecified atom stereocenters. The van der Waals surface area contributed by atoms with Gasteiger partial charge in [0.1, 0.15) is 5.75 Å². The third-order valence-corrected chi connectivity index (χ3v) is 3.17. The molecule has 2 N–H and O–H groups in total. The van der Waals surface area contributed by atoms with Crippen molar-refractivity contribution >= 4 is 11.4 Å². The normalized spacial score (nSPS) is 15.1. The van der Waals surface area contributed by atoms with Crippen molar-refractivity contribution in [2.45, 2.75) is 52.7 Å². The number of benzene rings is 1. The number of rotatable bonds is 6. The standard InChI is InChI=1S/C16H26N2O/c1-11(2)10-18(14-5-6-14)15-7-13(17)8-16(9-15)19-12(3)4/h7-9,11-12,14H,5-6,10,17H2,1-4H3. The summed E-state index contributed by atoms with van der Waals surface area (Å²) in [7, 11) is 0. The lowest BCUT2D eigenvalue weighted by atomic mass is 10.1. The number of nitrogen functional groups attached to an aromatic ring is 1. The molecular formula is C16H26N2O. The Balaban J connectivity index is 2.23. The predicted molar refractivity (Wildman–Crippen MR) is 81.8 cm³/mol. The van der Waals surface area contributed by atoms with Gasteiger partial charge in [0.15, 0.2) is 0 Å². The van der Waals surface area contributed by atoms with Crippen LogP contribution in [0.3, 0.4) is 0 Å². The molecule has 3 heteroatoms. The molecule has 0 radical (unpaired) electrons. The van der Waals surface area contributed by atoms with Gasteiger partial charge in [0.05, 0.1) is 6.10 Å². The summed E-state index contributed by atoms with van der Waals surface area (Å²) in [6.07, 6.45) is 2.76. The third kappa shape index (κ3) is 4.05. The number of anilines is 2. The van der Waals surface area contributed by atoms with E-state index in [4.69, 9.17) is 10.5 Å². The summed E-state index contributed by atoms with van der Waals surface area (Å²) in [6, 6.07) is 6.78. The minimum absolute atomic E-state index is 0.175. The lowest BCUT2D eigenvalue weighted by Crippen LogP contribution is -2.29. The maximum Gasteiger partial charge on any atom is 0.123 e. The SMILES string of the molecule is CC(C)CN(c1cc(N)cc(OC(C)C)c1)C1CC1. The van der Waals surface area contributed by atoms with E-state index in [1.165, 1.54) is 18.5 Å². The fourth-order valence-electron chi connectivity index (χ4n) is 2.36. The molecule has 0 amide bonds. The first-order valence-electron chi connectivity index (χ1n) is 7.29. The van der Waals surface area contributed by atoms with Gasteiger partial charge in [-0.15, -0.1) is 0 Å². The lowest BCUT2D eigenvalue weighted by Gasteiger charge is -2.27. The molecule has 0 aromatic heterocycles. The molecule has 0 aliphatic heterocycles. The van der Waals surface area contributed by atoms with Crippen LogP contribution in [-0.4, -0.2) is 18.7 Å². The first kappa shape index (κ1) is 14.0. The summed E-state index contributed by atoms with van der Waals surface area (Å²) in [5.41, 5.74) is 8.00. The Hall–Kier alpha value is -1.38. The molecule has 0 heterocycles. The summed E-state index contributed by atoms with van der Waals surface area (Å²) < 4.78 is 5.78. The number of nitrogens with two attached hydrogens (primary N) is 1. The largest absolute Gasteiger partial charge is 0.491 e. The van der Waals surface area contributed by atoms with Gasteiger partial charge in [0.2, 0.25) is 0 Å². The molecule has 1 saturated carbocycles. The fraction of sp³-hybridized carbons (Fsp3) is 0.625. The molecule has 0 spiro atoms. The maximum absolute atomic E-state index is 6.02. The highest BCUT2D eigenvalue weighted by molar-refractivity contribution is 5.61. The molecule has 1 fully saturated rings. The highest BCUT2D eigenvalue weighted by atomic mass is 16.5. The summed E-state index contributed by atoms with van der Waals surface area (Å²) in [4.78, 5) is 2.48. The Bertz CT molecular complexity index is 425. The highest BCUT2D eigenvalue weighted by Crippen LogP contribution is 2.35. The van der Waals surface area contributed by atoms with Crippen molar-refractivity contribution in [3.8, 4) is 5.75 Å². The van der Waals surface area contributed by atoms with Crippen LogP contribution in [0.15, 0.2) is 18.2 Å². The van der Waals surface area contributed by atoms with Crippen LogP contribution >= 0.6 is 0 Å². The van der Waals surface area contributed by atoms with E-state index in [0.29, 0.717) is 12.0 Å². The minimum Gasteiger partial charge on any atom is -0.491 e. The van der Waals surface area contributed by atoms with E-state index in [0.717, 1.165) is 18.0 Å². The molecule has 1 aliphatic carbocycles. The number of nitrogens with zero attached hydrogens (tertiary/aromatic N) is 1. The Labute approximate surface area is 116 Å². The van der Waals surface area contributed by atoms with Crippen molar-refractivity contribution in [3.63, 3.8) is 0 Å². The fourth-order valence-corrected chi connectivity index (χ4v) is 2.36. The lowest BCUT2D eigenvalue weighted by molar-refractivity contribution is 0.242. The summed E-state index contributed by atoms with van der Waals surface area (Å²) in [5, 5.41) is 0. The third-order valence-electron chi connectivity index (χ3n) is 3.17. The van der Waals surface area contributed by atoms with Crippen LogP contribution in [0.2, 0.25) is 0 Å². The molecule has 0 bridgehead atoms. The number of hydrogen-bond acceptors (Lipinski definition) is 3. The molecule has 0 atom stereocenters. The van der Waals surface area contributed by atoms with E-state index >= 15 is 0 Å². The zero-order chi connectivity index (χ0) is 14.0. The molecule has 0 saturated heterocycles. The van der Waals surface area contributed by atoms with Crippen LogP contribution in [0.25, 0.3) is 0 Å². The van der Waals surface area contributed by atoms with Crippen molar-refractivity contribution in [2.24, 2.45) is 5.92 Å². The molecule has 2 rings (SSSR count). The van der Waals surface area contributed by atoms with Gasteiger partial charge in [0.25, 0.3) is 0 Å². The van der Waals surface area contributed by atoms with Crippen LogP contribution in [0.5, 0.6) is 5.75 Å². The van der Waals surface area contributed by atoms with Gasteiger partial charge < -0.3 is 15.4 Å². The first-order chi connectivity index (χ1) is 8.95. The van der Waals surface area contributed by atoms with E-state index in [1.807, 2.05) is 19.9 Å². The van der Waals surface area contributed by atoms with Gasteiger partial charge in [-0.2, -0.15) is 0 Å². The second kappa shape index (κ2) is 5.72. The van der Waals surface area contributed by atoms with E-state index in [9.17, 15) is 0 Å². The van der Waals surface area contributed by atoms with Crippen molar-refractivity contribution in [2.75, 3.05) is 17.2 Å². The van der Waals surface area contributed by atoms with Crippen molar-refractivity contribution in [1.29, 1.82) is 0 Å². The Morgan fingerprint density at radius 1 is 1.21 bits per heavy atom. The average Bonchev–Trinajstić information content (AvgIpc) is 3.07. The van der Waals surface area contributed by atoms with Gasteiger partial charge in [0, 0.05) is 36.1 Å². The Morgan fingerprint density at radius 3 is 2.42 bits per heavy atom. The first-order valence-corrected chi connectivity index (χ1v) is 7.29. The molecule has 1 aromatic carbocycles. The smallest absolute Gasteiger partial charge is 0.123 e. The van der Waals surface area contributed by atoms with Gasteiger partial charge >= 0.3 is 0 Å². The minimum atomic E-state index is 0.175. The van der Waals surface area contributed by atoms with Gasteiger partial charge in [-0.25, -0.2) is 0 Å². The zero-order valence-corrected chi connectivity index (χ0v) is 12.5. The van der Waals surface area contributed by atoms with Crippen molar-refractivity contribution in [1.82, 2.24) is 0 Å².